The van der Waals surface area contributed by atoms with Gasteiger partial charge in [0.15, 0.2) is 10.6 Å². The number of rotatable bonds is 5. The molecule has 1 aliphatic carbocycles. The molecule has 1 fully saturated rings. The molecule has 4 rings (SSSR count). The lowest BCUT2D eigenvalue weighted by atomic mass is 10.2. The first-order valence-corrected chi connectivity index (χ1v) is 9.75. The van der Waals surface area contributed by atoms with E-state index >= 15 is 0 Å². The molecule has 2 aromatic heterocycles. The van der Waals surface area contributed by atoms with Crippen LogP contribution in [0.2, 0.25) is 0 Å². The van der Waals surface area contributed by atoms with Gasteiger partial charge >= 0.3 is 0 Å². The Morgan fingerprint density at radius 3 is 2.80 bits per heavy atom. The molecule has 0 atom stereocenters. The van der Waals surface area contributed by atoms with Crippen molar-refractivity contribution in [1.82, 2.24) is 4.57 Å². The maximum atomic E-state index is 5.74. The van der Waals surface area contributed by atoms with E-state index in [0.29, 0.717) is 12.6 Å². The molecule has 0 saturated heterocycles. The minimum absolute atomic E-state index is 0.490. The zero-order valence-corrected chi connectivity index (χ0v) is 15.2. The van der Waals surface area contributed by atoms with E-state index < -0.39 is 0 Å². The second kappa shape index (κ2) is 7.31. The van der Waals surface area contributed by atoms with Gasteiger partial charge in [0, 0.05) is 11.4 Å². The Hall–Kier alpha value is -2.27. The number of benzene rings is 1. The van der Waals surface area contributed by atoms with Crippen LogP contribution in [-0.4, -0.2) is 11.2 Å². The van der Waals surface area contributed by atoms with Crippen molar-refractivity contribution in [2.45, 2.75) is 38.6 Å². The zero-order valence-electron chi connectivity index (χ0n) is 14.4. The van der Waals surface area contributed by atoms with Crippen LogP contribution < -0.4 is 9.54 Å². The van der Waals surface area contributed by atoms with Gasteiger partial charge in [-0.05, 0) is 44.0 Å². The molecule has 0 N–H and O–H groups in total. The highest BCUT2D eigenvalue weighted by Gasteiger charge is 2.22. The fourth-order valence-electron chi connectivity index (χ4n) is 3.45. The summed E-state index contributed by atoms with van der Waals surface area (Å²) >= 11 is 1.66. The topological polar surface area (TPSA) is 39.7 Å². The molecule has 3 aromatic rings. The molecule has 0 aliphatic heterocycles. The molecule has 1 saturated carbocycles. The highest BCUT2D eigenvalue weighted by molar-refractivity contribution is 7.07. The second-order valence-electron chi connectivity index (χ2n) is 6.20. The van der Waals surface area contributed by atoms with E-state index in [2.05, 4.69) is 9.95 Å². The maximum absolute atomic E-state index is 5.74. The first-order valence-electron chi connectivity index (χ1n) is 8.87. The predicted molar refractivity (Wildman–Crippen MR) is 100 cm³/mol. The van der Waals surface area contributed by atoms with Crippen LogP contribution in [0.15, 0.2) is 57.5 Å². The van der Waals surface area contributed by atoms with Crippen molar-refractivity contribution in [1.29, 1.82) is 0 Å². The average Bonchev–Trinajstić information content (AvgIpc) is 3.38. The van der Waals surface area contributed by atoms with E-state index in [1.54, 1.807) is 17.6 Å². The van der Waals surface area contributed by atoms with Gasteiger partial charge in [-0.2, -0.15) is 0 Å². The monoisotopic (exact) mass is 354 g/mol. The number of thiazole rings is 1. The summed E-state index contributed by atoms with van der Waals surface area (Å²) in [6, 6.07) is 12.4. The highest BCUT2D eigenvalue weighted by Crippen LogP contribution is 2.34. The molecular weight excluding hydrogens is 332 g/mol. The van der Waals surface area contributed by atoms with Crippen LogP contribution in [0.25, 0.3) is 11.5 Å². The van der Waals surface area contributed by atoms with Gasteiger partial charge in [0.05, 0.1) is 18.6 Å². The number of hydrogen-bond donors (Lipinski definition) is 0. The van der Waals surface area contributed by atoms with Gasteiger partial charge in [-0.25, -0.2) is 4.99 Å². The third-order valence-corrected chi connectivity index (χ3v) is 5.43. The number of hydrogen-bond acceptors (Lipinski definition) is 4. The zero-order chi connectivity index (χ0) is 17.1. The Morgan fingerprint density at radius 1 is 1.20 bits per heavy atom. The van der Waals surface area contributed by atoms with Crippen molar-refractivity contribution in [3.63, 3.8) is 0 Å². The predicted octanol–water partition coefficient (Wildman–Crippen LogP) is 5.56. The Balaban J connectivity index is 1.85. The number of para-hydroxylation sites is 2. The molecule has 130 valence electrons. The third kappa shape index (κ3) is 3.29. The van der Waals surface area contributed by atoms with Crippen LogP contribution in [0.4, 0.5) is 5.69 Å². The normalized spacial score (nSPS) is 15.8. The van der Waals surface area contributed by atoms with Crippen molar-refractivity contribution in [2.75, 3.05) is 6.61 Å². The SMILES string of the molecule is CCOc1ccccc1N=c1scc(-c2ccco2)n1C1CCCC1. The summed E-state index contributed by atoms with van der Waals surface area (Å²) in [5.41, 5.74) is 2.00. The van der Waals surface area contributed by atoms with Crippen LogP contribution in [0.3, 0.4) is 0 Å². The Kier molecular flexibility index (Phi) is 4.74. The van der Waals surface area contributed by atoms with Gasteiger partial charge in [0.1, 0.15) is 11.4 Å². The van der Waals surface area contributed by atoms with Crippen molar-refractivity contribution in [3.8, 4) is 17.2 Å². The number of ether oxygens (including phenoxy) is 1. The standard InChI is InChI=1S/C20H22N2O2S/c1-2-23-18-11-6-5-10-16(18)21-20-22(15-8-3-4-9-15)17(14-25-20)19-12-7-13-24-19/h5-7,10-15H,2-4,8-9H2,1H3. The van der Waals surface area contributed by atoms with Crippen molar-refractivity contribution < 1.29 is 9.15 Å². The van der Waals surface area contributed by atoms with Gasteiger partial charge < -0.3 is 13.7 Å². The number of aromatic nitrogens is 1. The van der Waals surface area contributed by atoms with Crippen molar-refractivity contribution in [2.24, 2.45) is 4.99 Å². The number of furan rings is 1. The summed E-state index contributed by atoms with van der Waals surface area (Å²) in [4.78, 5) is 5.95. The molecule has 0 radical (unpaired) electrons. The summed E-state index contributed by atoms with van der Waals surface area (Å²) < 4.78 is 13.8. The lowest BCUT2D eigenvalue weighted by Gasteiger charge is -2.15. The van der Waals surface area contributed by atoms with Gasteiger partial charge in [-0.3, -0.25) is 0 Å². The largest absolute Gasteiger partial charge is 0.492 e. The first-order chi connectivity index (χ1) is 12.4. The fourth-order valence-corrected chi connectivity index (χ4v) is 4.41. The molecule has 0 bridgehead atoms. The van der Waals surface area contributed by atoms with Crippen LogP contribution >= 0.6 is 11.3 Å². The van der Waals surface area contributed by atoms with E-state index in [1.165, 1.54) is 25.7 Å². The summed E-state index contributed by atoms with van der Waals surface area (Å²) in [6.45, 7) is 2.63. The molecule has 0 amide bonds. The molecule has 1 aromatic carbocycles. The van der Waals surface area contributed by atoms with Gasteiger partial charge in [0.25, 0.3) is 0 Å². The summed E-state index contributed by atoms with van der Waals surface area (Å²) in [7, 11) is 0. The molecule has 4 nitrogen and oxygen atoms in total. The molecular formula is C20H22N2O2S. The Bertz CT molecular complexity index is 887. The lowest BCUT2D eigenvalue weighted by molar-refractivity contribution is 0.341. The molecule has 2 heterocycles. The van der Waals surface area contributed by atoms with E-state index in [1.807, 2.05) is 43.3 Å². The first kappa shape index (κ1) is 16.2. The molecule has 1 aliphatic rings. The minimum atomic E-state index is 0.490. The van der Waals surface area contributed by atoms with E-state index in [9.17, 15) is 0 Å². The lowest BCUT2D eigenvalue weighted by Crippen LogP contribution is -2.19. The number of nitrogens with zero attached hydrogens (tertiary/aromatic N) is 2. The maximum Gasteiger partial charge on any atom is 0.190 e. The minimum Gasteiger partial charge on any atom is -0.492 e. The Morgan fingerprint density at radius 2 is 2.04 bits per heavy atom. The van der Waals surface area contributed by atoms with Crippen molar-refractivity contribution in [3.05, 3.63) is 52.8 Å². The van der Waals surface area contributed by atoms with Gasteiger partial charge in [-0.15, -0.1) is 11.3 Å². The molecule has 0 spiro atoms. The summed E-state index contributed by atoms with van der Waals surface area (Å²) in [5, 5.41) is 2.15. The smallest absolute Gasteiger partial charge is 0.190 e. The van der Waals surface area contributed by atoms with E-state index in [4.69, 9.17) is 14.1 Å². The average molecular weight is 354 g/mol. The van der Waals surface area contributed by atoms with E-state index in [-0.39, 0.29) is 0 Å². The fraction of sp³-hybridized carbons (Fsp3) is 0.350. The third-order valence-electron chi connectivity index (χ3n) is 4.59. The van der Waals surface area contributed by atoms with Crippen LogP contribution in [-0.2, 0) is 0 Å². The second-order valence-corrected chi connectivity index (χ2v) is 7.04. The van der Waals surface area contributed by atoms with E-state index in [0.717, 1.165) is 27.7 Å². The highest BCUT2D eigenvalue weighted by atomic mass is 32.1. The van der Waals surface area contributed by atoms with Crippen molar-refractivity contribution >= 4 is 17.0 Å². The summed E-state index contributed by atoms with van der Waals surface area (Å²) in [5.74, 6) is 1.73. The van der Waals surface area contributed by atoms with Crippen LogP contribution in [0, 0.1) is 0 Å². The molecule has 0 unspecified atom stereocenters. The van der Waals surface area contributed by atoms with Crippen LogP contribution in [0.5, 0.6) is 5.75 Å². The van der Waals surface area contributed by atoms with Gasteiger partial charge in [-0.1, -0.05) is 25.0 Å². The molecule has 5 heteroatoms. The quantitative estimate of drug-likeness (QED) is 0.602. The van der Waals surface area contributed by atoms with Gasteiger partial charge in [0.2, 0.25) is 0 Å². The van der Waals surface area contributed by atoms with Crippen LogP contribution in [0.1, 0.15) is 38.6 Å². The summed E-state index contributed by atoms with van der Waals surface area (Å²) in [6.07, 6.45) is 6.68. The molecule has 25 heavy (non-hydrogen) atoms. The Labute approximate surface area is 151 Å².